The maximum absolute atomic E-state index is 12.2. The Morgan fingerprint density at radius 1 is 1.45 bits per heavy atom. The van der Waals surface area contributed by atoms with Crippen molar-refractivity contribution in [2.45, 2.75) is 38.5 Å². The van der Waals surface area contributed by atoms with Crippen molar-refractivity contribution >= 4 is 0 Å². The molecule has 0 amide bonds. The first-order valence-corrected chi connectivity index (χ1v) is 6.80. The van der Waals surface area contributed by atoms with Crippen LogP contribution in [0, 0.1) is 0 Å². The summed E-state index contributed by atoms with van der Waals surface area (Å²) in [6.45, 7) is 3.35. The van der Waals surface area contributed by atoms with Crippen LogP contribution in [0.2, 0.25) is 0 Å². The van der Waals surface area contributed by atoms with E-state index in [1.165, 1.54) is 0 Å². The van der Waals surface area contributed by atoms with E-state index in [0.29, 0.717) is 25.5 Å². The van der Waals surface area contributed by atoms with Crippen LogP contribution in [-0.2, 0) is 11.2 Å². The number of H-pyrrole nitrogens is 1. The lowest BCUT2D eigenvalue weighted by atomic mass is 10.2. The van der Waals surface area contributed by atoms with Crippen LogP contribution in [0.4, 0.5) is 13.2 Å². The van der Waals surface area contributed by atoms with Crippen LogP contribution in [0.5, 0.6) is 0 Å². The Morgan fingerprint density at radius 3 is 2.95 bits per heavy atom. The lowest BCUT2D eigenvalue weighted by Crippen LogP contribution is -2.40. The third-order valence-electron chi connectivity index (χ3n) is 3.19. The van der Waals surface area contributed by atoms with Crippen LogP contribution in [0.15, 0.2) is 0 Å². The van der Waals surface area contributed by atoms with Crippen LogP contribution in [0.3, 0.4) is 0 Å². The van der Waals surface area contributed by atoms with Gasteiger partial charge in [0.1, 0.15) is 11.9 Å². The van der Waals surface area contributed by atoms with Gasteiger partial charge in [-0.15, -0.1) is 0 Å². The topological polar surface area (TPSA) is 54.0 Å². The molecule has 2 rings (SSSR count). The smallest absolute Gasteiger partial charge is 0.367 e. The fourth-order valence-electron chi connectivity index (χ4n) is 2.15. The number of hydrogen-bond donors (Lipinski definition) is 1. The minimum absolute atomic E-state index is 0.00437. The SMILES string of the molecule is CCCc1nc([C@H]2CN(CCC(F)(F)F)CCO2)n[nH]1. The number of ether oxygens (including phenoxy) is 1. The highest BCUT2D eigenvalue weighted by atomic mass is 19.4. The summed E-state index contributed by atoms with van der Waals surface area (Å²) in [5.74, 6) is 1.32. The Balaban J connectivity index is 1.89. The van der Waals surface area contributed by atoms with Crippen molar-refractivity contribution < 1.29 is 17.9 Å². The predicted octanol–water partition coefficient (Wildman–Crippen LogP) is 2.08. The highest BCUT2D eigenvalue weighted by Crippen LogP contribution is 2.23. The summed E-state index contributed by atoms with van der Waals surface area (Å²) in [7, 11) is 0. The van der Waals surface area contributed by atoms with Gasteiger partial charge < -0.3 is 4.74 Å². The van der Waals surface area contributed by atoms with Crippen molar-refractivity contribution in [3.63, 3.8) is 0 Å². The normalized spacial score (nSPS) is 21.3. The highest BCUT2D eigenvalue weighted by Gasteiger charge is 2.30. The molecule has 20 heavy (non-hydrogen) atoms. The fourth-order valence-corrected chi connectivity index (χ4v) is 2.15. The number of hydrogen-bond acceptors (Lipinski definition) is 4. The van der Waals surface area contributed by atoms with Gasteiger partial charge in [-0.25, -0.2) is 4.98 Å². The van der Waals surface area contributed by atoms with Gasteiger partial charge in [0.15, 0.2) is 5.82 Å². The van der Waals surface area contributed by atoms with Crippen LogP contribution in [0.1, 0.15) is 37.5 Å². The van der Waals surface area contributed by atoms with E-state index < -0.39 is 12.6 Å². The standard InChI is InChI=1S/C12H19F3N4O/c1-2-3-10-16-11(18-17-10)9-8-19(6-7-20-9)5-4-12(13,14)15/h9H,2-8H2,1H3,(H,16,17,18)/t9-/m1/s1. The number of alkyl halides is 3. The second kappa shape index (κ2) is 6.53. The molecule has 0 unspecified atom stereocenters. The molecule has 1 aliphatic heterocycles. The third-order valence-corrected chi connectivity index (χ3v) is 3.19. The fraction of sp³-hybridized carbons (Fsp3) is 0.833. The molecule has 5 nitrogen and oxygen atoms in total. The number of aromatic amines is 1. The van der Waals surface area contributed by atoms with Crippen LogP contribution in [-0.4, -0.2) is 52.5 Å². The van der Waals surface area contributed by atoms with E-state index in [9.17, 15) is 13.2 Å². The van der Waals surface area contributed by atoms with Crippen molar-refractivity contribution in [3.8, 4) is 0 Å². The van der Waals surface area contributed by atoms with Gasteiger partial charge in [-0.3, -0.25) is 10.00 Å². The molecule has 2 heterocycles. The lowest BCUT2D eigenvalue weighted by Gasteiger charge is -2.31. The van der Waals surface area contributed by atoms with E-state index in [1.54, 1.807) is 4.90 Å². The number of aromatic nitrogens is 3. The number of rotatable bonds is 5. The molecule has 1 saturated heterocycles. The molecule has 0 saturated carbocycles. The highest BCUT2D eigenvalue weighted by molar-refractivity contribution is 4.96. The van der Waals surface area contributed by atoms with E-state index in [-0.39, 0.29) is 12.6 Å². The minimum atomic E-state index is -4.12. The van der Waals surface area contributed by atoms with E-state index in [4.69, 9.17) is 4.74 Å². The van der Waals surface area contributed by atoms with Crippen molar-refractivity contribution in [1.82, 2.24) is 20.1 Å². The average Bonchev–Trinajstić information content (AvgIpc) is 2.85. The van der Waals surface area contributed by atoms with Gasteiger partial charge >= 0.3 is 6.18 Å². The van der Waals surface area contributed by atoms with Crippen molar-refractivity contribution in [3.05, 3.63) is 11.6 Å². The molecule has 1 N–H and O–H groups in total. The van der Waals surface area contributed by atoms with Crippen LogP contribution in [0.25, 0.3) is 0 Å². The number of halogens is 3. The van der Waals surface area contributed by atoms with Gasteiger partial charge in [-0.1, -0.05) is 6.92 Å². The van der Waals surface area contributed by atoms with Gasteiger partial charge in [-0.05, 0) is 6.42 Å². The molecule has 8 heteroatoms. The minimum Gasteiger partial charge on any atom is -0.367 e. The molecular formula is C12H19F3N4O. The van der Waals surface area contributed by atoms with E-state index in [1.807, 2.05) is 6.92 Å². The Kier molecular flexibility index (Phi) is 4.98. The van der Waals surface area contributed by atoms with Crippen molar-refractivity contribution in [2.75, 3.05) is 26.2 Å². The van der Waals surface area contributed by atoms with E-state index in [0.717, 1.165) is 18.7 Å². The summed E-state index contributed by atoms with van der Waals surface area (Å²) in [6, 6.07) is 0. The largest absolute Gasteiger partial charge is 0.390 e. The molecule has 0 aliphatic carbocycles. The van der Waals surface area contributed by atoms with Crippen molar-refractivity contribution in [2.24, 2.45) is 0 Å². The van der Waals surface area contributed by atoms with Gasteiger partial charge in [0, 0.05) is 26.1 Å². The molecule has 1 atom stereocenters. The monoisotopic (exact) mass is 292 g/mol. The Labute approximate surface area is 115 Å². The van der Waals surface area contributed by atoms with E-state index in [2.05, 4.69) is 15.2 Å². The summed E-state index contributed by atoms with van der Waals surface area (Å²) < 4.78 is 42.2. The van der Waals surface area contributed by atoms with Crippen LogP contribution < -0.4 is 0 Å². The average molecular weight is 292 g/mol. The summed E-state index contributed by atoms with van der Waals surface area (Å²) in [5.41, 5.74) is 0. The van der Waals surface area contributed by atoms with Crippen LogP contribution >= 0.6 is 0 Å². The summed E-state index contributed by atoms with van der Waals surface area (Å²) in [6.07, 6.45) is -3.50. The Bertz CT molecular complexity index is 421. The molecule has 0 aromatic carbocycles. The summed E-state index contributed by atoms with van der Waals surface area (Å²) in [5, 5.41) is 6.93. The maximum atomic E-state index is 12.2. The Morgan fingerprint density at radius 2 is 2.25 bits per heavy atom. The zero-order valence-electron chi connectivity index (χ0n) is 11.4. The van der Waals surface area contributed by atoms with Gasteiger partial charge in [-0.2, -0.15) is 18.3 Å². The Hall–Kier alpha value is -1.15. The second-order valence-corrected chi connectivity index (χ2v) is 4.92. The quantitative estimate of drug-likeness (QED) is 0.903. The molecule has 1 aromatic heterocycles. The second-order valence-electron chi connectivity index (χ2n) is 4.92. The van der Waals surface area contributed by atoms with Crippen molar-refractivity contribution in [1.29, 1.82) is 0 Å². The molecule has 0 bridgehead atoms. The predicted molar refractivity (Wildman–Crippen MR) is 66.2 cm³/mol. The third kappa shape index (κ3) is 4.45. The number of nitrogens with zero attached hydrogens (tertiary/aromatic N) is 3. The molecular weight excluding hydrogens is 273 g/mol. The zero-order valence-corrected chi connectivity index (χ0v) is 11.4. The van der Waals surface area contributed by atoms with Gasteiger partial charge in [0.25, 0.3) is 0 Å². The van der Waals surface area contributed by atoms with Gasteiger partial charge in [0.05, 0.1) is 13.0 Å². The molecule has 1 aliphatic rings. The number of morpholine rings is 1. The molecule has 0 radical (unpaired) electrons. The summed E-state index contributed by atoms with van der Waals surface area (Å²) >= 11 is 0. The molecule has 1 aromatic rings. The first kappa shape index (κ1) is 15.2. The molecule has 1 fully saturated rings. The van der Waals surface area contributed by atoms with E-state index >= 15 is 0 Å². The zero-order chi connectivity index (χ0) is 14.6. The molecule has 0 spiro atoms. The molecule has 114 valence electrons. The first-order valence-electron chi connectivity index (χ1n) is 6.80. The van der Waals surface area contributed by atoms with Gasteiger partial charge in [0.2, 0.25) is 0 Å². The lowest BCUT2D eigenvalue weighted by molar-refractivity contribution is -0.142. The number of aryl methyl sites for hydroxylation is 1. The number of nitrogens with one attached hydrogen (secondary N) is 1. The maximum Gasteiger partial charge on any atom is 0.390 e. The first-order chi connectivity index (χ1) is 9.48. The summed E-state index contributed by atoms with van der Waals surface area (Å²) in [4.78, 5) is 6.07.